The van der Waals surface area contributed by atoms with Crippen molar-refractivity contribution in [2.24, 2.45) is 0 Å². The Kier molecular flexibility index (Phi) is 4.83. The summed E-state index contributed by atoms with van der Waals surface area (Å²) in [6.45, 7) is 1.95. The number of hydrogen-bond acceptors (Lipinski definition) is 6. The van der Waals surface area contributed by atoms with Crippen LogP contribution in [-0.4, -0.2) is 32.7 Å². The van der Waals surface area contributed by atoms with Gasteiger partial charge in [0.2, 0.25) is 0 Å². The zero-order valence-electron chi connectivity index (χ0n) is 16.4. The Labute approximate surface area is 170 Å². The molecule has 1 atom stereocenters. The van der Waals surface area contributed by atoms with Crippen molar-refractivity contribution in [2.75, 3.05) is 7.11 Å². The third kappa shape index (κ3) is 2.94. The van der Waals surface area contributed by atoms with E-state index in [-0.39, 0.29) is 24.4 Å². The lowest BCUT2D eigenvalue weighted by Crippen LogP contribution is -2.27. The fraction of sp³-hybridized carbons (Fsp3) is 0.286. The Balaban J connectivity index is 1.99. The van der Waals surface area contributed by atoms with E-state index < -0.39 is 16.8 Å². The average molecular weight is 409 g/mol. The number of carboxylic acids is 1. The molecule has 30 heavy (non-hydrogen) atoms. The number of aliphatic carboxylic acids is 1. The first-order valence-electron chi connectivity index (χ1n) is 9.43. The van der Waals surface area contributed by atoms with Crippen molar-refractivity contribution in [3.63, 3.8) is 0 Å². The lowest BCUT2D eigenvalue weighted by atomic mass is 9.92. The van der Waals surface area contributed by atoms with Crippen LogP contribution in [0.3, 0.4) is 0 Å². The van der Waals surface area contributed by atoms with Crippen molar-refractivity contribution >= 4 is 22.6 Å². The Hall–Kier alpha value is -3.59. The van der Waals surface area contributed by atoms with Crippen LogP contribution in [0.5, 0.6) is 0 Å². The predicted molar refractivity (Wildman–Crippen MR) is 109 cm³/mol. The van der Waals surface area contributed by atoms with Gasteiger partial charge in [-0.15, -0.1) is 0 Å². The van der Waals surface area contributed by atoms with E-state index in [0.717, 1.165) is 0 Å². The second-order valence-corrected chi connectivity index (χ2v) is 7.18. The maximum Gasteiger partial charge on any atom is 0.310 e. The minimum absolute atomic E-state index is 0.00452. The summed E-state index contributed by atoms with van der Waals surface area (Å²) in [5.41, 5.74) is 2.50. The van der Waals surface area contributed by atoms with Gasteiger partial charge in [0, 0.05) is 24.3 Å². The number of methoxy groups -OCH3 is 1. The number of aromatic nitrogens is 2. The van der Waals surface area contributed by atoms with Crippen molar-refractivity contribution in [1.82, 2.24) is 9.55 Å². The molecule has 0 fully saturated rings. The molecule has 0 aliphatic carbocycles. The molecule has 1 unspecified atom stereocenters. The van der Waals surface area contributed by atoms with Gasteiger partial charge in [-0.1, -0.05) is 13.0 Å². The van der Waals surface area contributed by atoms with Gasteiger partial charge in [-0.25, -0.2) is 4.98 Å². The van der Waals surface area contributed by atoms with E-state index in [4.69, 9.17) is 4.74 Å². The number of carboxylic acid groups (broad SMARTS) is 1. The first kappa shape index (κ1) is 19.7. The molecule has 1 aliphatic heterocycles. The number of ether oxygens (including phenoxy) is 1. The third-order valence-corrected chi connectivity index (χ3v) is 5.49. The van der Waals surface area contributed by atoms with E-state index in [1.807, 2.05) is 0 Å². The monoisotopic (exact) mass is 409 g/mol. The average Bonchev–Trinajstić information content (AvgIpc) is 3.06. The van der Waals surface area contributed by atoms with E-state index in [9.17, 15) is 24.8 Å². The number of nitro groups is 1. The second-order valence-electron chi connectivity index (χ2n) is 7.18. The van der Waals surface area contributed by atoms with E-state index in [0.29, 0.717) is 45.4 Å². The maximum atomic E-state index is 13.2. The number of pyridine rings is 2. The lowest BCUT2D eigenvalue weighted by molar-refractivity contribution is -0.383. The van der Waals surface area contributed by atoms with Gasteiger partial charge in [0.1, 0.15) is 0 Å². The Morgan fingerprint density at radius 3 is 2.80 bits per heavy atom. The summed E-state index contributed by atoms with van der Waals surface area (Å²) in [6.07, 6.45) is 0.319. The number of nitro benzene ring substituents is 1. The van der Waals surface area contributed by atoms with E-state index in [1.54, 1.807) is 31.2 Å². The predicted octanol–water partition coefficient (Wildman–Crippen LogP) is 3.06. The molecule has 1 aromatic carbocycles. The highest BCUT2D eigenvalue weighted by Crippen LogP contribution is 2.36. The molecule has 4 rings (SSSR count). The summed E-state index contributed by atoms with van der Waals surface area (Å²) in [7, 11) is 1.45. The second kappa shape index (κ2) is 7.34. The maximum absolute atomic E-state index is 13.2. The summed E-state index contributed by atoms with van der Waals surface area (Å²) in [4.78, 5) is 40.5. The van der Waals surface area contributed by atoms with Gasteiger partial charge in [0.15, 0.2) is 0 Å². The van der Waals surface area contributed by atoms with Gasteiger partial charge in [-0.05, 0) is 30.2 Å². The van der Waals surface area contributed by atoms with Crippen LogP contribution in [-0.2, 0) is 22.7 Å². The van der Waals surface area contributed by atoms with Crippen LogP contribution in [0.15, 0.2) is 35.1 Å². The van der Waals surface area contributed by atoms with Crippen LogP contribution in [0.1, 0.15) is 36.0 Å². The fourth-order valence-electron chi connectivity index (χ4n) is 4.08. The van der Waals surface area contributed by atoms with Crippen LogP contribution >= 0.6 is 0 Å². The molecular weight excluding hydrogens is 390 g/mol. The molecular formula is C21H19N3O6. The molecule has 0 spiro atoms. The number of benzene rings is 1. The molecule has 0 saturated carbocycles. The number of hydrogen-bond donors (Lipinski definition) is 1. The van der Waals surface area contributed by atoms with Crippen molar-refractivity contribution in [3.8, 4) is 11.4 Å². The lowest BCUT2D eigenvalue weighted by Gasteiger charge is -2.17. The first-order chi connectivity index (χ1) is 14.4. The molecule has 0 bridgehead atoms. The molecule has 1 aliphatic rings. The highest BCUT2D eigenvalue weighted by Gasteiger charge is 2.30. The molecule has 9 heteroatoms. The molecule has 0 saturated heterocycles. The molecule has 154 valence electrons. The Morgan fingerprint density at radius 1 is 1.40 bits per heavy atom. The third-order valence-electron chi connectivity index (χ3n) is 5.49. The number of non-ortho nitro benzene ring substituents is 1. The van der Waals surface area contributed by atoms with Gasteiger partial charge < -0.3 is 14.4 Å². The van der Waals surface area contributed by atoms with Crippen molar-refractivity contribution in [2.45, 2.75) is 32.4 Å². The summed E-state index contributed by atoms with van der Waals surface area (Å²) < 4.78 is 6.69. The van der Waals surface area contributed by atoms with Gasteiger partial charge in [-0.2, -0.15) is 0 Å². The zero-order valence-corrected chi connectivity index (χ0v) is 16.4. The van der Waals surface area contributed by atoms with E-state index in [1.165, 1.54) is 17.7 Å². The van der Waals surface area contributed by atoms with Gasteiger partial charge in [0.05, 0.1) is 46.3 Å². The molecule has 0 radical (unpaired) electrons. The highest BCUT2D eigenvalue weighted by molar-refractivity contribution is 5.91. The normalized spacial score (nSPS) is 13.1. The van der Waals surface area contributed by atoms with Gasteiger partial charge >= 0.3 is 5.97 Å². The SMILES string of the molecule is CCC(C(=O)O)c1cc2n(c(=O)c1COC)Cc1cc3c([N+](=O)[O-])cccc3nc1-2. The molecule has 0 amide bonds. The highest BCUT2D eigenvalue weighted by atomic mass is 16.6. The van der Waals surface area contributed by atoms with Gasteiger partial charge in [0.25, 0.3) is 11.2 Å². The molecule has 2 aromatic heterocycles. The number of carbonyl (C=O) groups is 1. The smallest absolute Gasteiger partial charge is 0.310 e. The quantitative estimate of drug-likeness (QED) is 0.383. The summed E-state index contributed by atoms with van der Waals surface area (Å²) >= 11 is 0. The standard InChI is InChI=1S/C21H19N3O6/c1-3-12(21(26)27)13-8-18-19-11(9-23(18)20(25)15(13)10-30-2)7-14-16(22-19)5-4-6-17(14)24(28)29/h4-8,12H,3,9-10H2,1-2H3,(H,26,27). The molecule has 3 aromatic rings. The van der Waals surface area contributed by atoms with Crippen molar-refractivity contribution in [1.29, 1.82) is 0 Å². The number of rotatable bonds is 6. The zero-order chi connectivity index (χ0) is 21.6. The number of fused-ring (bicyclic) bond motifs is 4. The first-order valence-corrected chi connectivity index (χ1v) is 9.43. The Morgan fingerprint density at radius 2 is 2.17 bits per heavy atom. The minimum atomic E-state index is -1.01. The minimum Gasteiger partial charge on any atom is -0.481 e. The topological polar surface area (TPSA) is 125 Å². The largest absolute Gasteiger partial charge is 0.481 e. The van der Waals surface area contributed by atoms with E-state index in [2.05, 4.69) is 4.98 Å². The summed E-state index contributed by atoms with van der Waals surface area (Å²) in [6, 6.07) is 8.03. The van der Waals surface area contributed by atoms with Crippen LogP contribution < -0.4 is 5.56 Å². The molecule has 9 nitrogen and oxygen atoms in total. The van der Waals surface area contributed by atoms with Crippen LogP contribution in [0.4, 0.5) is 5.69 Å². The van der Waals surface area contributed by atoms with Crippen molar-refractivity contribution < 1.29 is 19.6 Å². The van der Waals surface area contributed by atoms with E-state index >= 15 is 0 Å². The van der Waals surface area contributed by atoms with Crippen molar-refractivity contribution in [3.05, 3.63) is 67.5 Å². The van der Waals surface area contributed by atoms with Crippen LogP contribution in [0.25, 0.3) is 22.3 Å². The summed E-state index contributed by atoms with van der Waals surface area (Å²) in [5.74, 6) is -1.86. The molecule has 1 N–H and O–H groups in total. The Bertz CT molecular complexity index is 1260. The number of nitrogens with zero attached hydrogens (tertiary/aromatic N) is 3. The fourth-order valence-corrected chi connectivity index (χ4v) is 4.08. The summed E-state index contributed by atoms with van der Waals surface area (Å²) in [5, 5.41) is 21.4. The van der Waals surface area contributed by atoms with Crippen LogP contribution in [0, 0.1) is 10.1 Å². The molecule has 3 heterocycles. The van der Waals surface area contributed by atoms with Gasteiger partial charge in [-0.3, -0.25) is 19.7 Å². The van der Waals surface area contributed by atoms with Crippen LogP contribution in [0.2, 0.25) is 0 Å².